The average molecular weight is 260 g/mol. The molecule has 0 saturated heterocycles. The lowest BCUT2D eigenvalue weighted by Crippen LogP contribution is -2.01. The number of para-hydroxylation sites is 1. The molecule has 2 aromatic rings. The van der Waals surface area contributed by atoms with Crippen molar-refractivity contribution >= 4 is 0 Å². The molecular formula is C14H16N2O3. The monoisotopic (exact) mass is 260 g/mol. The molecule has 0 saturated carbocycles. The van der Waals surface area contributed by atoms with E-state index in [-0.39, 0.29) is 0 Å². The molecule has 0 unspecified atom stereocenters. The van der Waals surface area contributed by atoms with Gasteiger partial charge in [-0.3, -0.25) is 0 Å². The largest absolute Gasteiger partial charge is 0.493 e. The fourth-order valence-corrected chi connectivity index (χ4v) is 1.65. The minimum absolute atomic E-state index is 0.361. The van der Waals surface area contributed by atoms with E-state index in [0.717, 1.165) is 5.69 Å². The molecule has 0 radical (unpaired) electrons. The normalized spacial score (nSPS) is 10.1. The average Bonchev–Trinajstić information content (AvgIpc) is 2.47. The molecule has 19 heavy (non-hydrogen) atoms. The molecule has 0 bridgehead atoms. The van der Waals surface area contributed by atoms with Crippen LogP contribution in [0.25, 0.3) is 0 Å². The van der Waals surface area contributed by atoms with Gasteiger partial charge in [-0.05, 0) is 18.2 Å². The van der Waals surface area contributed by atoms with Crippen LogP contribution < -0.4 is 19.9 Å². The van der Waals surface area contributed by atoms with Gasteiger partial charge in [-0.25, -0.2) is 4.98 Å². The molecular weight excluding hydrogens is 244 g/mol. The van der Waals surface area contributed by atoms with Gasteiger partial charge >= 0.3 is 0 Å². The van der Waals surface area contributed by atoms with Crippen LogP contribution in [-0.2, 0) is 6.54 Å². The minimum Gasteiger partial charge on any atom is -0.493 e. The Bertz CT molecular complexity index is 536. The summed E-state index contributed by atoms with van der Waals surface area (Å²) in [6.07, 6.45) is 0. The van der Waals surface area contributed by atoms with Crippen molar-refractivity contribution in [2.24, 2.45) is 5.73 Å². The van der Waals surface area contributed by atoms with Crippen LogP contribution in [-0.4, -0.2) is 19.2 Å². The summed E-state index contributed by atoms with van der Waals surface area (Å²) >= 11 is 0. The molecule has 100 valence electrons. The Morgan fingerprint density at radius 1 is 1.00 bits per heavy atom. The van der Waals surface area contributed by atoms with Gasteiger partial charge in [0.05, 0.1) is 19.9 Å². The van der Waals surface area contributed by atoms with Crippen molar-refractivity contribution in [1.29, 1.82) is 0 Å². The Balaban J connectivity index is 2.36. The van der Waals surface area contributed by atoms with Crippen molar-refractivity contribution in [3.8, 4) is 23.1 Å². The molecule has 0 spiro atoms. The second-order valence-corrected chi connectivity index (χ2v) is 3.77. The van der Waals surface area contributed by atoms with Crippen molar-refractivity contribution in [1.82, 2.24) is 4.98 Å². The topological polar surface area (TPSA) is 66.6 Å². The van der Waals surface area contributed by atoms with Crippen LogP contribution in [0.15, 0.2) is 36.4 Å². The third-order valence-corrected chi connectivity index (χ3v) is 2.58. The van der Waals surface area contributed by atoms with Gasteiger partial charge < -0.3 is 19.9 Å². The lowest BCUT2D eigenvalue weighted by atomic mass is 10.3. The second-order valence-electron chi connectivity index (χ2n) is 3.77. The number of nitrogens with zero attached hydrogens (tertiary/aromatic N) is 1. The Hall–Kier alpha value is -2.27. The minimum atomic E-state index is 0.361. The summed E-state index contributed by atoms with van der Waals surface area (Å²) in [6.45, 7) is 0.361. The number of nitrogens with two attached hydrogens (primary N) is 1. The van der Waals surface area contributed by atoms with Gasteiger partial charge in [0.25, 0.3) is 0 Å². The van der Waals surface area contributed by atoms with E-state index in [1.165, 1.54) is 0 Å². The van der Waals surface area contributed by atoms with Gasteiger partial charge in [-0.1, -0.05) is 12.1 Å². The third-order valence-electron chi connectivity index (χ3n) is 2.58. The summed E-state index contributed by atoms with van der Waals surface area (Å²) in [6, 6.07) is 10.9. The second kappa shape index (κ2) is 6.06. The number of rotatable bonds is 5. The Labute approximate surface area is 111 Å². The van der Waals surface area contributed by atoms with E-state index in [1.54, 1.807) is 32.4 Å². The van der Waals surface area contributed by atoms with E-state index in [9.17, 15) is 0 Å². The number of ether oxygens (including phenoxy) is 3. The molecule has 0 atom stereocenters. The predicted molar refractivity (Wildman–Crippen MR) is 71.7 cm³/mol. The standard InChI is InChI=1S/C14H16N2O3/c1-17-11-6-4-7-12(18-2)14(11)19-13-8-3-5-10(9-15)16-13/h3-8H,9,15H2,1-2H3. The fraction of sp³-hybridized carbons (Fsp3) is 0.214. The first-order valence-electron chi connectivity index (χ1n) is 5.83. The zero-order valence-electron chi connectivity index (χ0n) is 10.9. The summed E-state index contributed by atoms with van der Waals surface area (Å²) in [7, 11) is 3.15. The van der Waals surface area contributed by atoms with Gasteiger partial charge in [0.15, 0.2) is 11.5 Å². The SMILES string of the molecule is COc1cccc(OC)c1Oc1cccc(CN)n1. The maximum atomic E-state index is 5.75. The molecule has 1 heterocycles. The van der Waals surface area contributed by atoms with Crippen molar-refractivity contribution < 1.29 is 14.2 Å². The van der Waals surface area contributed by atoms with Gasteiger partial charge in [-0.15, -0.1) is 0 Å². The molecule has 1 aromatic carbocycles. The van der Waals surface area contributed by atoms with Crippen LogP contribution in [0.2, 0.25) is 0 Å². The van der Waals surface area contributed by atoms with E-state index in [0.29, 0.717) is 29.7 Å². The molecule has 0 amide bonds. The smallest absolute Gasteiger partial charge is 0.219 e. The summed E-state index contributed by atoms with van der Waals surface area (Å²) < 4.78 is 16.3. The van der Waals surface area contributed by atoms with E-state index in [1.807, 2.05) is 18.2 Å². The fourth-order valence-electron chi connectivity index (χ4n) is 1.65. The van der Waals surface area contributed by atoms with Crippen LogP contribution in [0.1, 0.15) is 5.69 Å². The Morgan fingerprint density at radius 2 is 1.63 bits per heavy atom. The maximum Gasteiger partial charge on any atom is 0.219 e. The summed E-state index contributed by atoms with van der Waals surface area (Å²) in [5.74, 6) is 2.11. The molecule has 2 N–H and O–H groups in total. The quantitative estimate of drug-likeness (QED) is 0.893. The van der Waals surface area contributed by atoms with E-state index < -0.39 is 0 Å². The summed E-state index contributed by atoms with van der Waals surface area (Å²) in [4.78, 5) is 4.28. The zero-order valence-corrected chi connectivity index (χ0v) is 10.9. The number of hydrogen-bond donors (Lipinski definition) is 1. The van der Waals surface area contributed by atoms with Crippen LogP contribution in [0, 0.1) is 0 Å². The molecule has 5 heteroatoms. The Morgan fingerprint density at radius 3 is 2.21 bits per heavy atom. The molecule has 0 aliphatic heterocycles. The van der Waals surface area contributed by atoms with Crippen molar-refractivity contribution in [3.05, 3.63) is 42.1 Å². The lowest BCUT2D eigenvalue weighted by molar-refractivity contribution is 0.341. The van der Waals surface area contributed by atoms with Crippen molar-refractivity contribution in [3.63, 3.8) is 0 Å². The predicted octanol–water partition coefficient (Wildman–Crippen LogP) is 2.35. The molecule has 0 aliphatic carbocycles. The summed E-state index contributed by atoms with van der Waals surface area (Å²) in [5, 5.41) is 0. The zero-order chi connectivity index (χ0) is 13.7. The highest BCUT2D eigenvalue weighted by molar-refractivity contribution is 5.52. The molecule has 0 fully saturated rings. The number of hydrogen-bond acceptors (Lipinski definition) is 5. The Kier molecular flexibility index (Phi) is 4.20. The first-order valence-corrected chi connectivity index (χ1v) is 5.83. The lowest BCUT2D eigenvalue weighted by Gasteiger charge is -2.13. The first-order chi connectivity index (χ1) is 9.28. The van der Waals surface area contributed by atoms with Crippen molar-refractivity contribution in [2.45, 2.75) is 6.54 Å². The maximum absolute atomic E-state index is 5.75. The third kappa shape index (κ3) is 2.95. The number of benzene rings is 1. The molecule has 1 aromatic heterocycles. The number of pyridine rings is 1. The van der Waals surface area contributed by atoms with E-state index >= 15 is 0 Å². The summed E-state index contributed by atoms with van der Waals surface area (Å²) in [5.41, 5.74) is 6.31. The highest BCUT2D eigenvalue weighted by Gasteiger charge is 2.13. The van der Waals surface area contributed by atoms with E-state index in [4.69, 9.17) is 19.9 Å². The van der Waals surface area contributed by atoms with Gasteiger partial charge in [0.2, 0.25) is 11.6 Å². The highest BCUT2D eigenvalue weighted by Crippen LogP contribution is 2.39. The first kappa shape index (κ1) is 13.2. The number of methoxy groups -OCH3 is 2. The number of aromatic nitrogens is 1. The van der Waals surface area contributed by atoms with Crippen LogP contribution in [0.5, 0.6) is 23.1 Å². The highest BCUT2D eigenvalue weighted by atomic mass is 16.5. The van der Waals surface area contributed by atoms with E-state index in [2.05, 4.69) is 4.98 Å². The van der Waals surface area contributed by atoms with Crippen LogP contribution in [0.4, 0.5) is 0 Å². The molecule has 5 nitrogen and oxygen atoms in total. The van der Waals surface area contributed by atoms with Crippen LogP contribution in [0.3, 0.4) is 0 Å². The van der Waals surface area contributed by atoms with Crippen molar-refractivity contribution in [2.75, 3.05) is 14.2 Å². The van der Waals surface area contributed by atoms with Crippen LogP contribution >= 0.6 is 0 Å². The molecule has 0 aliphatic rings. The molecule has 2 rings (SSSR count). The van der Waals surface area contributed by atoms with Gasteiger partial charge in [0, 0.05) is 12.6 Å². The van der Waals surface area contributed by atoms with Gasteiger partial charge in [0.1, 0.15) is 0 Å². The van der Waals surface area contributed by atoms with Gasteiger partial charge in [-0.2, -0.15) is 0 Å².